The molecule has 0 radical (unpaired) electrons. The van der Waals surface area contributed by atoms with Crippen LogP contribution >= 0.6 is 22.6 Å². The van der Waals surface area contributed by atoms with E-state index in [0.29, 0.717) is 6.04 Å². The lowest BCUT2D eigenvalue weighted by molar-refractivity contribution is -0.147. The van der Waals surface area contributed by atoms with Gasteiger partial charge in [-0.1, -0.05) is 6.08 Å². The monoisotopic (exact) mass is 359 g/mol. The van der Waals surface area contributed by atoms with Crippen molar-refractivity contribution in [2.75, 3.05) is 6.61 Å². The third kappa shape index (κ3) is 1.20. The number of carbonyl (C=O) groups is 1. The Labute approximate surface area is 119 Å². The first-order valence-corrected chi connectivity index (χ1v) is 7.45. The molecule has 18 heavy (non-hydrogen) atoms. The molecule has 4 rings (SSSR count). The van der Waals surface area contributed by atoms with Gasteiger partial charge < -0.3 is 9.84 Å². The van der Waals surface area contributed by atoms with Crippen molar-refractivity contribution in [3.05, 3.63) is 21.3 Å². The van der Waals surface area contributed by atoms with Gasteiger partial charge in [-0.2, -0.15) is 0 Å². The van der Waals surface area contributed by atoms with E-state index in [4.69, 9.17) is 4.74 Å². The molecule has 1 spiro atoms. The maximum atomic E-state index is 11.7. The minimum atomic E-state index is -0.420. The second-order valence-corrected chi connectivity index (χ2v) is 6.69. The Kier molecular flexibility index (Phi) is 2.27. The van der Waals surface area contributed by atoms with Gasteiger partial charge in [0.25, 0.3) is 0 Å². The molecule has 2 bridgehead atoms. The average molecular weight is 359 g/mol. The third-order valence-corrected chi connectivity index (χ3v) is 5.74. The highest BCUT2D eigenvalue weighted by Gasteiger charge is 2.64. The van der Waals surface area contributed by atoms with Crippen molar-refractivity contribution < 1.29 is 14.6 Å². The molecule has 3 aliphatic heterocycles. The van der Waals surface area contributed by atoms with Crippen molar-refractivity contribution in [3.63, 3.8) is 0 Å². The number of nitrogens with zero attached hydrogens (tertiary/aromatic N) is 1. The van der Waals surface area contributed by atoms with Crippen LogP contribution in [0.5, 0.6) is 0 Å². The number of halogens is 1. The Morgan fingerprint density at radius 3 is 3.17 bits per heavy atom. The smallest absolute Gasteiger partial charge is 0.332 e. The summed E-state index contributed by atoms with van der Waals surface area (Å²) in [5.74, 6) is -0.206. The fraction of sp³-hybridized carbons (Fsp3) is 0.615. The zero-order valence-corrected chi connectivity index (χ0v) is 12.0. The lowest BCUT2D eigenvalue weighted by atomic mass is 9.81. The van der Waals surface area contributed by atoms with Crippen LogP contribution in [0.15, 0.2) is 21.3 Å². The zero-order valence-electron chi connectivity index (χ0n) is 9.80. The van der Waals surface area contributed by atoms with Gasteiger partial charge in [-0.05, 0) is 35.4 Å². The van der Waals surface area contributed by atoms with Crippen LogP contribution in [0.3, 0.4) is 0 Å². The number of aliphatic hydroxyl groups excluding tert-OH is 1. The van der Waals surface area contributed by atoms with Crippen LogP contribution in [0.4, 0.5) is 0 Å². The lowest BCUT2D eigenvalue weighted by Gasteiger charge is -2.32. The van der Waals surface area contributed by atoms with Gasteiger partial charge in [0.1, 0.15) is 0 Å². The van der Waals surface area contributed by atoms with Gasteiger partial charge in [0, 0.05) is 33.7 Å². The molecule has 0 aromatic heterocycles. The standard InChI is InChI=1S/C13H14INO3/c14-10-3-8-5-13(9(10)4-12(17)18-13)11-2-1-7(6-16)15(8)11/h3-4,7-8,11,16H,1-2,5-6H2. The topological polar surface area (TPSA) is 49.8 Å². The van der Waals surface area contributed by atoms with Crippen LogP contribution in [0.25, 0.3) is 0 Å². The molecule has 1 aliphatic carbocycles. The first-order chi connectivity index (χ1) is 8.65. The van der Waals surface area contributed by atoms with E-state index in [9.17, 15) is 9.90 Å². The zero-order chi connectivity index (χ0) is 12.5. The molecule has 4 aliphatic rings. The second kappa shape index (κ2) is 3.58. The highest BCUT2D eigenvalue weighted by atomic mass is 127. The largest absolute Gasteiger partial charge is 0.449 e. The number of carbonyl (C=O) groups excluding carboxylic acids is 1. The number of hydrogen-bond acceptors (Lipinski definition) is 4. The molecule has 0 amide bonds. The summed E-state index contributed by atoms with van der Waals surface area (Å²) in [7, 11) is 0. The van der Waals surface area contributed by atoms with E-state index in [0.717, 1.165) is 28.4 Å². The predicted octanol–water partition coefficient (Wildman–Crippen LogP) is 1.14. The minimum absolute atomic E-state index is 0.195. The summed E-state index contributed by atoms with van der Waals surface area (Å²) in [5.41, 5.74) is 0.646. The number of ether oxygens (including phenoxy) is 1. The SMILES string of the molecule is O=C1C=C2C(I)=CC3CC2(O1)C1CCC(CO)N31. The minimum Gasteiger partial charge on any atom is -0.449 e. The fourth-order valence-electron chi connectivity index (χ4n) is 4.19. The van der Waals surface area contributed by atoms with Crippen molar-refractivity contribution in [2.24, 2.45) is 0 Å². The molecule has 2 fully saturated rings. The highest BCUT2D eigenvalue weighted by Crippen LogP contribution is 2.56. The quantitative estimate of drug-likeness (QED) is 0.564. The Hall–Kier alpha value is -0.400. The van der Waals surface area contributed by atoms with Crippen LogP contribution in [0.1, 0.15) is 19.3 Å². The molecule has 0 aromatic carbocycles. The van der Waals surface area contributed by atoms with E-state index in [1.54, 1.807) is 6.08 Å². The van der Waals surface area contributed by atoms with E-state index in [1.165, 1.54) is 0 Å². The first kappa shape index (κ1) is 11.4. The number of rotatable bonds is 1. The van der Waals surface area contributed by atoms with Crippen LogP contribution in [-0.4, -0.2) is 46.3 Å². The van der Waals surface area contributed by atoms with E-state index in [-0.39, 0.29) is 24.7 Å². The molecule has 0 aromatic rings. The molecule has 2 saturated heterocycles. The molecular formula is C13H14INO3. The summed E-state index contributed by atoms with van der Waals surface area (Å²) in [6.07, 6.45) is 6.74. The normalized spacial score (nSPS) is 45.4. The van der Waals surface area contributed by atoms with Crippen molar-refractivity contribution in [1.29, 1.82) is 0 Å². The molecule has 96 valence electrons. The van der Waals surface area contributed by atoms with Crippen LogP contribution in [0.2, 0.25) is 0 Å². The Morgan fingerprint density at radius 1 is 1.56 bits per heavy atom. The second-order valence-electron chi connectivity index (χ2n) is 5.53. The molecule has 1 N–H and O–H groups in total. The predicted molar refractivity (Wildman–Crippen MR) is 73.1 cm³/mol. The fourth-order valence-corrected chi connectivity index (χ4v) is 5.22. The summed E-state index contributed by atoms with van der Waals surface area (Å²) in [4.78, 5) is 14.1. The van der Waals surface area contributed by atoms with E-state index >= 15 is 0 Å². The summed E-state index contributed by atoms with van der Waals surface area (Å²) >= 11 is 2.30. The lowest BCUT2D eigenvalue weighted by Crippen LogP contribution is -2.45. The number of fused-ring (bicyclic) bond motifs is 3. The van der Waals surface area contributed by atoms with Gasteiger partial charge in [-0.3, -0.25) is 4.90 Å². The summed E-state index contributed by atoms with van der Waals surface area (Å²) in [5, 5.41) is 9.50. The average Bonchev–Trinajstić information content (AvgIpc) is 2.94. The Morgan fingerprint density at radius 2 is 2.39 bits per heavy atom. The molecule has 0 saturated carbocycles. The Bertz CT molecular complexity index is 500. The highest BCUT2D eigenvalue weighted by molar-refractivity contribution is 14.1. The number of aliphatic hydroxyl groups is 1. The molecule has 5 heteroatoms. The maximum Gasteiger partial charge on any atom is 0.332 e. The molecule has 4 unspecified atom stereocenters. The van der Waals surface area contributed by atoms with Crippen molar-refractivity contribution in [3.8, 4) is 0 Å². The van der Waals surface area contributed by atoms with Gasteiger partial charge in [0.05, 0.1) is 12.6 Å². The molecular weight excluding hydrogens is 345 g/mol. The van der Waals surface area contributed by atoms with Crippen molar-refractivity contribution in [1.82, 2.24) is 4.90 Å². The Balaban J connectivity index is 1.85. The van der Waals surface area contributed by atoms with E-state index < -0.39 is 5.60 Å². The number of esters is 1. The van der Waals surface area contributed by atoms with Crippen LogP contribution < -0.4 is 0 Å². The number of hydrogen-bond donors (Lipinski definition) is 1. The third-order valence-electron chi connectivity index (χ3n) is 4.80. The summed E-state index contributed by atoms with van der Waals surface area (Å²) < 4.78 is 6.86. The molecule has 4 nitrogen and oxygen atoms in total. The van der Waals surface area contributed by atoms with Gasteiger partial charge in [0.15, 0.2) is 5.60 Å². The molecule has 3 heterocycles. The van der Waals surface area contributed by atoms with Gasteiger partial charge in [-0.25, -0.2) is 4.79 Å². The van der Waals surface area contributed by atoms with Crippen molar-refractivity contribution in [2.45, 2.75) is 43.0 Å². The summed E-state index contributed by atoms with van der Waals surface area (Å²) in [6, 6.07) is 0.781. The van der Waals surface area contributed by atoms with Gasteiger partial charge in [-0.15, -0.1) is 0 Å². The van der Waals surface area contributed by atoms with E-state index in [2.05, 4.69) is 33.6 Å². The molecule has 4 atom stereocenters. The van der Waals surface area contributed by atoms with Gasteiger partial charge in [0.2, 0.25) is 0 Å². The van der Waals surface area contributed by atoms with Crippen LogP contribution in [0, 0.1) is 0 Å². The van der Waals surface area contributed by atoms with Crippen LogP contribution in [-0.2, 0) is 9.53 Å². The summed E-state index contributed by atoms with van der Waals surface area (Å²) in [6.45, 7) is 0.195. The van der Waals surface area contributed by atoms with Gasteiger partial charge >= 0.3 is 5.97 Å². The maximum absolute atomic E-state index is 11.7. The first-order valence-electron chi connectivity index (χ1n) is 6.37. The van der Waals surface area contributed by atoms with Crippen molar-refractivity contribution >= 4 is 28.6 Å². The van der Waals surface area contributed by atoms with E-state index in [1.807, 2.05) is 0 Å².